The average Bonchev–Trinajstić information content (AvgIpc) is 2.11. The number of carbonyl (C=O) groups is 1. The Labute approximate surface area is 91.4 Å². The van der Waals surface area contributed by atoms with E-state index in [4.69, 9.17) is 10.2 Å². The standard InChI is InChI=1S/C10H19O4P/c1-9(2)5-7(8(11)14-12)6-10(3,4)15(9)13/h7,12-13H,5-6H2,1-4H3/p+1. The molecule has 0 aliphatic carbocycles. The minimum atomic E-state index is -0.874. The fraction of sp³-hybridized carbons (Fsp3) is 0.900. The molecule has 0 saturated carbocycles. The van der Waals surface area contributed by atoms with E-state index in [1.54, 1.807) is 0 Å². The Balaban J connectivity index is 2.89. The van der Waals surface area contributed by atoms with Crippen LogP contribution in [0.2, 0.25) is 0 Å². The molecule has 0 spiro atoms. The van der Waals surface area contributed by atoms with Gasteiger partial charge in [0.25, 0.3) is 0 Å². The Bertz CT molecular complexity index is 244. The molecule has 0 aromatic rings. The van der Waals surface area contributed by atoms with E-state index in [1.165, 1.54) is 0 Å². The zero-order valence-corrected chi connectivity index (χ0v) is 10.6. The highest BCUT2D eigenvalue weighted by Crippen LogP contribution is 2.64. The van der Waals surface area contributed by atoms with Crippen LogP contribution in [0.5, 0.6) is 0 Å². The molecule has 1 heterocycles. The quantitative estimate of drug-likeness (QED) is 0.327. The van der Waals surface area contributed by atoms with Crippen molar-refractivity contribution in [2.75, 3.05) is 0 Å². The molecule has 1 aliphatic heterocycles. The lowest BCUT2D eigenvalue weighted by Crippen LogP contribution is -2.42. The summed E-state index contributed by atoms with van der Waals surface area (Å²) in [6.45, 7) is 8.07. The summed E-state index contributed by atoms with van der Waals surface area (Å²) >= 11 is 0. The summed E-state index contributed by atoms with van der Waals surface area (Å²) in [6, 6.07) is 0. The molecule has 0 unspecified atom stereocenters. The van der Waals surface area contributed by atoms with E-state index in [9.17, 15) is 4.79 Å². The Morgan fingerprint density at radius 3 is 2.07 bits per heavy atom. The molecule has 1 aliphatic rings. The summed E-state index contributed by atoms with van der Waals surface area (Å²) in [5.74, 6) is -0.830. The topological polar surface area (TPSA) is 69.4 Å². The highest BCUT2D eigenvalue weighted by atomic mass is 31.1. The first-order chi connectivity index (χ1) is 6.70. The van der Waals surface area contributed by atoms with E-state index in [0.717, 1.165) is 0 Å². The van der Waals surface area contributed by atoms with Crippen LogP contribution in [0.15, 0.2) is 0 Å². The lowest BCUT2D eigenvalue weighted by atomic mass is 9.87. The van der Waals surface area contributed by atoms with Gasteiger partial charge in [-0.1, -0.05) is 0 Å². The molecule has 0 radical (unpaired) electrons. The van der Waals surface area contributed by atoms with Crippen molar-refractivity contribution >= 4 is 14.1 Å². The highest BCUT2D eigenvalue weighted by Gasteiger charge is 2.54. The minimum Gasteiger partial charge on any atom is -0.435 e. The van der Waals surface area contributed by atoms with Gasteiger partial charge in [-0.3, -0.25) is 0 Å². The van der Waals surface area contributed by atoms with Crippen molar-refractivity contribution in [2.45, 2.75) is 50.8 Å². The van der Waals surface area contributed by atoms with Crippen LogP contribution in [0.1, 0.15) is 40.5 Å². The van der Waals surface area contributed by atoms with Gasteiger partial charge >= 0.3 is 5.97 Å². The maximum Gasteiger partial charge on any atom is 0.345 e. The molecule has 0 amide bonds. The van der Waals surface area contributed by atoms with Gasteiger partial charge in [-0.15, -0.1) is 0 Å². The zero-order chi connectivity index (χ0) is 11.9. The van der Waals surface area contributed by atoms with Crippen LogP contribution in [0.25, 0.3) is 0 Å². The Hall–Kier alpha value is -0.180. The number of hydrogen-bond donors (Lipinski definition) is 1. The highest BCUT2D eigenvalue weighted by molar-refractivity contribution is 7.55. The van der Waals surface area contributed by atoms with Crippen LogP contribution in [0.4, 0.5) is 0 Å². The summed E-state index contributed by atoms with van der Waals surface area (Å²) in [4.78, 5) is 23.4. The maximum atomic E-state index is 11.3. The van der Waals surface area contributed by atoms with Crippen molar-refractivity contribution in [3.05, 3.63) is 0 Å². The molecule has 1 rings (SSSR count). The van der Waals surface area contributed by atoms with Crippen LogP contribution in [-0.2, 0) is 9.68 Å². The summed E-state index contributed by atoms with van der Waals surface area (Å²) in [7, 11) is -0.874. The molecule has 3 N–H and O–H groups in total. The average molecular weight is 235 g/mol. The van der Waals surface area contributed by atoms with Crippen molar-refractivity contribution in [3.8, 4) is 0 Å². The molecule has 5 heteroatoms. The van der Waals surface area contributed by atoms with Crippen molar-refractivity contribution in [3.63, 3.8) is 0 Å². The molecule has 1 fully saturated rings. The normalized spacial score (nSPS) is 33.5. The summed E-state index contributed by atoms with van der Waals surface area (Å²) in [5, 5.41) is 8.09. The van der Waals surface area contributed by atoms with Gasteiger partial charge in [0.15, 0.2) is 0 Å². The molecule has 1 saturated heterocycles. The van der Waals surface area contributed by atoms with Gasteiger partial charge in [0.1, 0.15) is 0 Å². The van der Waals surface area contributed by atoms with Gasteiger partial charge < -0.3 is 9.78 Å². The predicted octanol–water partition coefficient (Wildman–Crippen LogP) is 2.09. The Morgan fingerprint density at radius 1 is 1.33 bits per heavy atom. The number of hydrogen-bond acceptors (Lipinski definition) is 3. The third-order valence-electron chi connectivity index (χ3n) is 3.13. The lowest BCUT2D eigenvalue weighted by Gasteiger charge is -2.43. The van der Waals surface area contributed by atoms with Gasteiger partial charge in [-0.25, -0.2) is 4.79 Å². The first-order valence-electron chi connectivity index (χ1n) is 5.07. The largest absolute Gasteiger partial charge is 0.435 e. The van der Waals surface area contributed by atoms with Crippen molar-refractivity contribution < 1.29 is 19.8 Å². The molecule has 88 valence electrons. The molecule has 0 atom stereocenters. The van der Waals surface area contributed by atoms with Crippen LogP contribution in [0, 0.1) is 5.92 Å². The second kappa shape index (κ2) is 4.00. The molecule has 15 heavy (non-hydrogen) atoms. The SMILES string of the molecule is CC1(C)CC(C(=O)OO)CC(C)(C)P1[OH2+]. The predicted molar refractivity (Wildman–Crippen MR) is 60.1 cm³/mol. The monoisotopic (exact) mass is 235 g/mol. The van der Waals surface area contributed by atoms with Gasteiger partial charge in [0.05, 0.1) is 16.2 Å². The minimum absolute atomic E-state index is 0.157. The number of carbonyl (C=O) groups excluding carboxylic acids is 1. The van der Waals surface area contributed by atoms with Crippen molar-refractivity contribution in [1.29, 1.82) is 0 Å². The second-order valence-corrected chi connectivity index (χ2v) is 8.57. The molecular formula is C10H20O4P+. The maximum absolute atomic E-state index is 11.3. The fourth-order valence-corrected chi connectivity index (χ4v) is 4.97. The molecule has 0 bridgehead atoms. The first kappa shape index (κ1) is 12.9. The third-order valence-corrected chi connectivity index (χ3v) is 5.91. The van der Waals surface area contributed by atoms with Crippen LogP contribution in [-0.4, -0.2) is 26.4 Å². The van der Waals surface area contributed by atoms with Crippen LogP contribution in [0.3, 0.4) is 0 Å². The van der Waals surface area contributed by atoms with Crippen molar-refractivity contribution in [1.82, 2.24) is 0 Å². The van der Waals surface area contributed by atoms with Gasteiger partial charge in [-0.05, 0) is 40.5 Å². The summed E-state index contributed by atoms with van der Waals surface area (Å²) in [6.07, 6.45) is 1.26. The Morgan fingerprint density at radius 2 is 1.73 bits per heavy atom. The van der Waals surface area contributed by atoms with Gasteiger partial charge in [0.2, 0.25) is 8.15 Å². The zero-order valence-electron chi connectivity index (χ0n) is 9.70. The molecule has 0 aromatic carbocycles. The smallest absolute Gasteiger partial charge is 0.345 e. The Kier molecular flexibility index (Phi) is 3.44. The van der Waals surface area contributed by atoms with E-state index < -0.39 is 14.1 Å². The van der Waals surface area contributed by atoms with Gasteiger partial charge in [0, 0.05) is 0 Å². The van der Waals surface area contributed by atoms with E-state index in [2.05, 4.69) is 4.89 Å². The van der Waals surface area contributed by atoms with E-state index in [1.807, 2.05) is 27.7 Å². The third kappa shape index (κ3) is 2.49. The van der Waals surface area contributed by atoms with Gasteiger partial charge in [-0.2, -0.15) is 5.26 Å². The van der Waals surface area contributed by atoms with E-state index >= 15 is 0 Å². The van der Waals surface area contributed by atoms with Crippen LogP contribution < -0.4 is 0 Å². The molecule has 4 nitrogen and oxygen atoms in total. The van der Waals surface area contributed by atoms with Crippen molar-refractivity contribution in [2.24, 2.45) is 5.92 Å². The number of rotatable bonds is 1. The first-order valence-corrected chi connectivity index (χ1v) is 6.42. The van der Waals surface area contributed by atoms with E-state index in [0.29, 0.717) is 12.8 Å². The summed E-state index contributed by atoms with van der Waals surface area (Å²) in [5.41, 5.74) is 0. The molecular weight excluding hydrogens is 215 g/mol. The fourth-order valence-electron chi connectivity index (χ4n) is 2.52. The second-order valence-electron chi connectivity index (χ2n) is 5.48. The van der Waals surface area contributed by atoms with Crippen LogP contribution >= 0.6 is 8.15 Å². The van der Waals surface area contributed by atoms with E-state index in [-0.39, 0.29) is 16.2 Å². The molecule has 0 aromatic heterocycles. The summed E-state index contributed by atoms with van der Waals surface area (Å²) < 4.78 is 0. The lowest BCUT2D eigenvalue weighted by molar-refractivity contribution is -0.240.